The Morgan fingerprint density at radius 1 is 1.37 bits per heavy atom. The number of rotatable bonds is 2. The number of nitrogens with one attached hydrogen (secondary N) is 1. The number of aromatic nitrogens is 1. The van der Waals surface area contributed by atoms with E-state index in [2.05, 4.69) is 17.5 Å². The molecule has 0 fully saturated rings. The minimum Gasteiger partial charge on any atom is -0.412 e. The van der Waals surface area contributed by atoms with Crippen LogP contribution in [0.15, 0.2) is 48.1 Å². The molecule has 0 saturated heterocycles. The number of dihydropyridines is 1. The molecule has 0 aliphatic carbocycles. The van der Waals surface area contributed by atoms with Gasteiger partial charge >= 0.3 is 6.09 Å². The summed E-state index contributed by atoms with van der Waals surface area (Å²) in [6.45, 7) is 6.24. The van der Waals surface area contributed by atoms with Crippen LogP contribution in [0.4, 0.5) is 4.79 Å². The van der Waals surface area contributed by atoms with E-state index in [0.29, 0.717) is 6.61 Å². The molecule has 0 spiro atoms. The van der Waals surface area contributed by atoms with E-state index in [1.165, 1.54) is 4.57 Å². The molecule has 1 aromatic heterocycles. The van der Waals surface area contributed by atoms with Crippen LogP contribution in [-0.2, 0) is 4.74 Å². The molecular formula is C15H19N2O2+. The summed E-state index contributed by atoms with van der Waals surface area (Å²) in [4.78, 5) is 11.7. The molecule has 2 rings (SSSR count). The van der Waals surface area contributed by atoms with E-state index in [-0.39, 0.29) is 12.0 Å². The van der Waals surface area contributed by atoms with Gasteiger partial charge < -0.3 is 10.1 Å². The van der Waals surface area contributed by atoms with Crippen LogP contribution in [0.3, 0.4) is 0 Å². The fraction of sp³-hybridized carbons (Fsp3) is 0.333. The number of carbonyl (C=O) groups is 1. The molecule has 0 unspecified atom stereocenters. The van der Waals surface area contributed by atoms with Gasteiger partial charge in [-0.15, -0.1) is 0 Å². The van der Waals surface area contributed by atoms with Gasteiger partial charge in [-0.2, -0.15) is 4.79 Å². The van der Waals surface area contributed by atoms with Crippen molar-refractivity contribution in [3.63, 3.8) is 0 Å². The summed E-state index contributed by atoms with van der Waals surface area (Å²) in [5.74, 6) is 0.183. The second-order valence-electron chi connectivity index (χ2n) is 4.59. The summed E-state index contributed by atoms with van der Waals surface area (Å²) >= 11 is 0. The SMILES string of the molecule is CCOC(=O)[n+]1cccc(C2C=C(C)NC(C)=C2)c1. The minimum absolute atomic E-state index is 0.183. The lowest BCUT2D eigenvalue weighted by Gasteiger charge is -2.18. The zero-order valence-corrected chi connectivity index (χ0v) is 11.5. The molecule has 1 aliphatic rings. The van der Waals surface area contributed by atoms with Gasteiger partial charge in [-0.1, -0.05) is 16.7 Å². The summed E-state index contributed by atoms with van der Waals surface area (Å²) in [7, 11) is 0. The van der Waals surface area contributed by atoms with Crippen LogP contribution in [0, 0.1) is 0 Å². The zero-order chi connectivity index (χ0) is 13.8. The van der Waals surface area contributed by atoms with Gasteiger partial charge in [0.25, 0.3) is 0 Å². The number of allylic oxidation sites excluding steroid dienone is 4. The fourth-order valence-corrected chi connectivity index (χ4v) is 2.18. The number of hydrogen-bond donors (Lipinski definition) is 1. The zero-order valence-electron chi connectivity index (χ0n) is 11.5. The van der Waals surface area contributed by atoms with Gasteiger partial charge in [0, 0.05) is 28.9 Å². The molecule has 0 aromatic carbocycles. The highest BCUT2D eigenvalue weighted by molar-refractivity contribution is 5.56. The predicted octanol–water partition coefficient (Wildman–Crippen LogP) is 2.47. The second-order valence-corrected chi connectivity index (χ2v) is 4.59. The van der Waals surface area contributed by atoms with E-state index in [1.807, 2.05) is 32.2 Å². The first-order valence-corrected chi connectivity index (χ1v) is 6.42. The Bertz CT molecular complexity index is 529. The van der Waals surface area contributed by atoms with E-state index < -0.39 is 0 Å². The third-order valence-corrected chi connectivity index (χ3v) is 2.94. The van der Waals surface area contributed by atoms with Crippen molar-refractivity contribution in [1.29, 1.82) is 0 Å². The highest BCUT2D eigenvalue weighted by atomic mass is 16.5. The summed E-state index contributed by atoms with van der Waals surface area (Å²) < 4.78 is 6.47. The van der Waals surface area contributed by atoms with Gasteiger partial charge in [-0.25, -0.2) is 0 Å². The summed E-state index contributed by atoms with van der Waals surface area (Å²) in [5, 5.41) is 3.26. The lowest BCUT2D eigenvalue weighted by molar-refractivity contribution is -0.586. The van der Waals surface area contributed by atoms with Crippen LogP contribution >= 0.6 is 0 Å². The van der Waals surface area contributed by atoms with Crippen molar-refractivity contribution in [3.8, 4) is 0 Å². The van der Waals surface area contributed by atoms with E-state index >= 15 is 0 Å². The van der Waals surface area contributed by atoms with E-state index in [0.717, 1.165) is 17.0 Å². The molecule has 0 atom stereocenters. The van der Waals surface area contributed by atoms with Crippen molar-refractivity contribution in [2.75, 3.05) is 6.61 Å². The molecule has 4 nitrogen and oxygen atoms in total. The van der Waals surface area contributed by atoms with Gasteiger partial charge in [0.05, 0.1) is 6.61 Å². The summed E-state index contributed by atoms with van der Waals surface area (Å²) in [6.07, 6.45) is 7.45. The van der Waals surface area contributed by atoms with Gasteiger partial charge in [-0.05, 0) is 26.8 Å². The standard InChI is InChI=1S/C15H19N2O2/c1-4-19-15(18)17-7-5-6-13(10-17)14-8-11(2)16-12(3)9-14/h5-10,14,16H,4H2,1-3H3/q+1. The maximum Gasteiger partial charge on any atom is 0.601 e. The summed E-state index contributed by atoms with van der Waals surface area (Å²) in [6, 6.07) is 3.87. The molecule has 0 amide bonds. The molecule has 0 saturated carbocycles. The smallest absolute Gasteiger partial charge is 0.412 e. The van der Waals surface area contributed by atoms with Crippen molar-refractivity contribution in [2.24, 2.45) is 0 Å². The topological polar surface area (TPSA) is 42.2 Å². The first-order valence-electron chi connectivity index (χ1n) is 6.42. The van der Waals surface area contributed by atoms with Crippen molar-refractivity contribution < 1.29 is 14.1 Å². The van der Waals surface area contributed by atoms with Gasteiger partial charge in [0.15, 0.2) is 12.4 Å². The number of ether oxygens (including phenoxy) is 1. The molecule has 19 heavy (non-hydrogen) atoms. The normalized spacial score (nSPS) is 15.3. The molecule has 0 bridgehead atoms. The number of hydrogen-bond acceptors (Lipinski definition) is 3. The van der Waals surface area contributed by atoms with Crippen LogP contribution in [0.2, 0.25) is 0 Å². The monoisotopic (exact) mass is 259 g/mol. The summed E-state index contributed by atoms with van der Waals surface area (Å²) in [5.41, 5.74) is 3.31. The highest BCUT2D eigenvalue weighted by Crippen LogP contribution is 2.23. The fourth-order valence-electron chi connectivity index (χ4n) is 2.18. The van der Waals surface area contributed by atoms with Crippen LogP contribution in [0.5, 0.6) is 0 Å². The van der Waals surface area contributed by atoms with Crippen LogP contribution in [0.25, 0.3) is 0 Å². The van der Waals surface area contributed by atoms with E-state index in [1.54, 1.807) is 13.1 Å². The van der Waals surface area contributed by atoms with Crippen LogP contribution in [-0.4, -0.2) is 12.7 Å². The minimum atomic E-state index is -0.348. The maximum absolute atomic E-state index is 11.7. The molecule has 100 valence electrons. The number of nitrogens with zero attached hydrogens (tertiary/aromatic N) is 1. The second kappa shape index (κ2) is 5.69. The van der Waals surface area contributed by atoms with Crippen LogP contribution < -0.4 is 9.88 Å². The Labute approximate surface area is 113 Å². The average Bonchev–Trinajstić information content (AvgIpc) is 2.38. The Morgan fingerprint density at radius 3 is 2.68 bits per heavy atom. The predicted molar refractivity (Wildman–Crippen MR) is 72.4 cm³/mol. The van der Waals surface area contributed by atoms with Crippen molar-refractivity contribution in [2.45, 2.75) is 26.7 Å². The molecule has 1 aromatic rings. The van der Waals surface area contributed by atoms with E-state index in [9.17, 15) is 4.79 Å². The van der Waals surface area contributed by atoms with E-state index in [4.69, 9.17) is 4.74 Å². The largest absolute Gasteiger partial charge is 0.601 e. The van der Waals surface area contributed by atoms with Crippen molar-refractivity contribution in [1.82, 2.24) is 5.32 Å². The van der Waals surface area contributed by atoms with Crippen molar-refractivity contribution in [3.05, 3.63) is 53.6 Å². The lowest BCUT2D eigenvalue weighted by atomic mass is 9.96. The Kier molecular flexibility index (Phi) is 4.00. The van der Waals surface area contributed by atoms with Crippen molar-refractivity contribution >= 4 is 6.09 Å². The van der Waals surface area contributed by atoms with Gasteiger partial charge in [0.2, 0.25) is 0 Å². The molecule has 1 aliphatic heterocycles. The number of pyridine rings is 1. The molecule has 2 heterocycles. The third-order valence-electron chi connectivity index (χ3n) is 2.94. The highest BCUT2D eigenvalue weighted by Gasteiger charge is 2.19. The quantitative estimate of drug-likeness (QED) is 0.830. The molecule has 0 radical (unpaired) electrons. The maximum atomic E-state index is 11.7. The van der Waals surface area contributed by atoms with Gasteiger partial charge in [-0.3, -0.25) is 0 Å². The molecule has 4 heteroatoms. The number of carbonyl (C=O) groups excluding carboxylic acids is 1. The average molecular weight is 259 g/mol. The van der Waals surface area contributed by atoms with Gasteiger partial charge in [0.1, 0.15) is 0 Å². The molecule has 1 N–H and O–H groups in total. The third kappa shape index (κ3) is 3.22. The lowest BCUT2D eigenvalue weighted by Crippen LogP contribution is -2.43. The Morgan fingerprint density at radius 2 is 2.05 bits per heavy atom. The molecular weight excluding hydrogens is 240 g/mol. The Hall–Kier alpha value is -2.10. The first kappa shape index (κ1) is 13.3. The first-order chi connectivity index (χ1) is 9.10. The Balaban J connectivity index is 2.28. The van der Waals surface area contributed by atoms with Crippen LogP contribution in [0.1, 0.15) is 32.3 Å².